The SMILES string of the molecule is CC[C@@H]1C[C@H](C)CC/C=C\[C@@H]2C[C@@]2(C(=O)NS(=O)(=O)C2CC2)NC(=O)[C@@H]2C[C@@H](Oc3nccc4c5c(ccc34)N(C)CCO5)CN2C(=O)[C@H]1NC(=O)NC(C)(C)C. The minimum absolute atomic E-state index is 0.00279. The summed E-state index contributed by atoms with van der Waals surface area (Å²) < 4.78 is 40.8. The predicted molar refractivity (Wildman–Crippen MR) is 215 cm³/mol. The van der Waals surface area contributed by atoms with E-state index in [2.05, 4.69) is 37.5 Å². The Morgan fingerprint density at radius 3 is 2.60 bits per heavy atom. The van der Waals surface area contributed by atoms with Crippen molar-refractivity contribution in [3.05, 3.63) is 36.5 Å². The second-order valence-electron chi connectivity index (χ2n) is 17.7. The number of urea groups is 1. The van der Waals surface area contributed by atoms with Crippen molar-refractivity contribution in [1.82, 2.24) is 30.6 Å². The number of likely N-dealkylation sites (N-methyl/N-ethyl adjacent to an activating group) is 1. The van der Waals surface area contributed by atoms with E-state index in [1.165, 1.54) is 4.90 Å². The second-order valence-corrected chi connectivity index (χ2v) is 19.6. The molecular weight excluding hydrogens is 751 g/mol. The molecule has 7 rings (SSSR count). The molecule has 2 aliphatic carbocycles. The maximum Gasteiger partial charge on any atom is 0.315 e. The lowest BCUT2D eigenvalue weighted by Gasteiger charge is -2.34. The van der Waals surface area contributed by atoms with Gasteiger partial charge in [0.05, 0.1) is 24.0 Å². The molecule has 1 saturated heterocycles. The highest BCUT2D eigenvalue weighted by Crippen LogP contribution is 2.46. The average Bonchev–Trinajstić information content (AvgIpc) is 4.07. The highest BCUT2D eigenvalue weighted by molar-refractivity contribution is 7.91. The first-order chi connectivity index (χ1) is 27.0. The number of nitrogens with zero attached hydrogens (tertiary/aromatic N) is 3. The first kappa shape index (κ1) is 40.6. The van der Waals surface area contributed by atoms with E-state index in [-0.39, 0.29) is 31.2 Å². The molecule has 0 radical (unpaired) electrons. The minimum Gasteiger partial charge on any atom is -0.489 e. The van der Waals surface area contributed by atoms with Gasteiger partial charge >= 0.3 is 6.03 Å². The van der Waals surface area contributed by atoms with E-state index in [0.29, 0.717) is 50.0 Å². The third-order valence-electron chi connectivity index (χ3n) is 12.0. The number of sulfonamides is 1. The number of carbonyl (C=O) groups excluding carboxylic acids is 4. The van der Waals surface area contributed by atoms with Crippen LogP contribution in [0.2, 0.25) is 0 Å². The number of nitrogens with one attached hydrogen (secondary N) is 4. The first-order valence-electron chi connectivity index (χ1n) is 20.4. The Balaban J connectivity index is 1.24. The minimum atomic E-state index is -3.90. The fraction of sp³-hybridized carbons (Fsp3) is 0.634. The lowest BCUT2D eigenvalue weighted by atomic mass is 9.85. The van der Waals surface area contributed by atoms with Crippen molar-refractivity contribution >= 4 is 50.2 Å². The van der Waals surface area contributed by atoms with Gasteiger partial charge in [-0.2, -0.15) is 0 Å². The standard InChI is InChI=1S/C41H57N7O8S/c1-7-25-20-24(2)10-8-9-11-26-22-41(26,38(51)46-57(53,54)28-12-13-28)44-35(49)32-21-27(23-48(32)37(50)33(25)43-39(52)45-40(3,4)5)56-36-30-14-15-31-34(29(30)16-17-42-36)55-19-18-47(31)6/h9,11,14-17,24-28,32-33H,7-8,10,12-13,18-23H2,1-6H3,(H,44,49)(H,46,51)(H2,43,45,52)/b11-9-/t24-,25-,26-,27-,32+,33+,41-/m1/s1. The van der Waals surface area contributed by atoms with Crippen LogP contribution in [0, 0.1) is 17.8 Å². The molecule has 2 saturated carbocycles. The number of fused-ring (bicyclic) bond motifs is 5. The number of carbonyl (C=O) groups is 4. The van der Waals surface area contributed by atoms with Gasteiger partial charge in [-0.05, 0) is 89.3 Å². The van der Waals surface area contributed by atoms with E-state index in [1.54, 1.807) is 6.20 Å². The average molecular weight is 808 g/mol. The number of benzene rings is 1. The van der Waals surface area contributed by atoms with Gasteiger partial charge < -0.3 is 35.2 Å². The number of amides is 5. The third-order valence-corrected chi connectivity index (χ3v) is 13.8. The van der Waals surface area contributed by atoms with Gasteiger partial charge in [-0.15, -0.1) is 0 Å². The molecule has 0 bridgehead atoms. The summed E-state index contributed by atoms with van der Waals surface area (Å²) in [5, 5.41) is 9.74. The number of aromatic nitrogens is 1. The molecule has 310 valence electrons. The summed E-state index contributed by atoms with van der Waals surface area (Å²) in [4.78, 5) is 65.1. The van der Waals surface area contributed by atoms with Crippen LogP contribution in [0.15, 0.2) is 36.5 Å². The molecule has 0 unspecified atom stereocenters. The Bertz CT molecular complexity index is 2050. The topological polar surface area (TPSA) is 188 Å². The molecule has 7 atom stereocenters. The van der Waals surface area contributed by atoms with E-state index in [1.807, 2.05) is 65.1 Å². The van der Waals surface area contributed by atoms with Gasteiger partial charge in [-0.1, -0.05) is 32.4 Å². The lowest BCUT2D eigenvalue weighted by molar-refractivity contribution is -0.142. The number of anilines is 1. The van der Waals surface area contributed by atoms with Gasteiger partial charge in [0.2, 0.25) is 27.7 Å². The fourth-order valence-electron chi connectivity index (χ4n) is 8.53. The zero-order chi connectivity index (χ0) is 40.9. The van der Waals surface area contributed by atoms with Gasteiger partial charge in [0.25, 0.3) is 5.91 Å². The predicted octanol–water partition coefficient (Wildman–Crippen LogP) is 3.76. The van der Waals surface area contributed by atoms with E-state index in [0.717, 1.165) is 29.8 Å². The van der Waals surface area contributed by atoms with Crippen molar-refractivity contribution in [3.63, 3.8) is 0 Å². The highest BCUT2D eigenvalue weighted by atomic mass is 32.2. The summed E-state index contributed by atoms with van der Waals surface area (Å²) in [6.45, 7) is 11.0. The number of ether oxygens (including phenoxy) is 2. The van der Waals surface area contributed by atoms with Gasteiger partial charge in [0.15, 0.2) is 5.75 Å². The smallest absolute Gasteiger partial charge is 0.315 e. The van der Waals surface area contributed by atoms with Crippen molar-refractivity contribution in [2.45, 2.75) is 121 Å². The van der Waals surface area contributed by atoms with Crippen LogP contribution in [0.3, 0.4) is 0 Å². The van der Waals surface area contributed by atoms with Gasteiger partial charge in [0.1, 0.15) is 30.3 Å². The van der Waals surface area contributed by atoms with E-state index < -0.39 is 74.2 Å². The first-order valence-corrected chi connectivity index (χ1v) is 21.9. The molecule has 15 nitrogen and oxygen atoms in total. The van der Waals surface area contributed by atoms with Crippen molar-refractivity contribution in [2.24, 2.45) is 17.8 Å². The third kappa shape index (κ3) is 8.65. The van der Waals surface area contributed by atoms with Crippen LogP contribution in [0.5, 0.6) is 11.6 Å². The van der Waals surface area contributed by atoms with Crippen LogP contribution >= 0.6 is 0 Å². The van der Waals surface area contributed by atoms with E-state index in [4.69, 9.17) is 9.47 Å². The van der Waals surface area contributed by atoms with Crippen LogP contribution in [0.4, 0.5) is 10.5 Å². The maximum atomic E-state index is 15.0. The Morgan fingerprint density at radius 1 is 1.11 bits per heavy atom. The van der Waals surface area contributed by atoms with Crippen LogP contribution in [0.25, 0.3) is 10.8 Å². The summed E-state index contributed by atoms with van der Waals surface area (Å²) in [7, 11) is -1.89. The number of pyridine rings is 1. The molecule has 0 spiro atoms. The van der Waals surface area contributed by atoms with E-state index in [9.17, 15) is 22.8 Å². The van der Waals surface area contributed by atoms with Crippen molar-refractivity contribution < 1.29 is 37.1 Å². The van der Waals surface area contributed by atoms with Crippen LogP contribution in [-0.2, 0) is 24.4 Å². The van der Waals surface area contributed by atoms with E-state index >= 15 is 4.79 Å². The molecular formula is C41H57N7O8S. The monoisotopic (exact) mass is 807 g/mol. The maximum absolute atomic E-state index is 15.0. The Hall–Kier alpha value is -4.60. The van der Waals surface area contributed by atoms with Gasteiger partial charge in [0, 0.05) is 41.9 Å². The summed E-state index contributed by atoms with van der Waals surface area (Å²) >= 11 is 0. The number of rotatable bonds is 7. The van der Waals surface area contributed by atoms with Gasteiger partial charge in [-0.25, -0.2) is 18.2 Å². The van der Waals surface area contributed by atoms with Gasteiger partial charge in [-0.3, -0.25) is 19.1 Å². The Kier molecular flexibility index (Phi) is 11.1. The molecule has 16 heteroatoms. The van der Waals surface area contributed by atoms with Crippen LogP contribution in [-0.4, -0.2) is 103 Å². The summed E-state index contributed by atoms with van der Waals surface area (Å²) in [5.74, 6) is -1.27. The summed E-state index contributed by atoms with van der Waals surface area (Å²) in [6, 6.07) is 3.18. The lowest BCUT2D eigenvalue weighted by Crippen LogP contribution is -2.60. The second kappa shape index (κ2) is 15.6. The molecule has 57 heavy (non-hydrogen) atoms. The molecule has 2 aromatic rings. The highest BCUT2D eigenvalue weighted by Gasteiger charge is 2.62. The number of hydrogen-bond acceptors (Lipinski definition) is 10. The quantitative estimate of drug-likeness (QED) is 0.300. The Labute approximate surface area is 335 Å². The summed E-state index contributed by atoms with van der Waals surface area (Å²) in [5.41, 5.74) is -1.13. The molecule has 3 fully saturated rings. The zero-order valence-electron chi connectivity index (χ0n) is 33.8. The number of allylic oxidation sites excluding steroid dienone is 1. The summed E-state index contributed by atoms with van der Waals surface area (Å²) in [6.07, 6.45) is 8.79. The van der Waals surface area contributed by atoms with Crippen molar-refractivity contribution in [2.75, 3.05) is 31.6 Å². The molecule has 5 amide bonds. The zero-order valence-corrected chi connectivity index (χ0v) is 34.6. The molecule has 1 aromatic heterocycles. The van der Waals surface area contributed by atoms with Crippen molar-refractivity contribution in [3.8, 4) is 11.6 Å². The Morgan fingerprint density at radius 2 is 1.88 bits per heavy atom. The normalized spacial score (nSPS) is 30.0. The molecule has 1 aromatic carbocycles. The molecule has 4 N–H and O–H groups in total. The van der Waals surface area contributed by atoms with Crippen LogP contribution in [0.1, 0.15) is 86.0 Å². The molecule has 5 aliphatic rings. The van der Waals surface area contributed by atoms with Crippen LogP contribution < -0.4 is 35.0 Å². The fourth-order valence-corrected chi connectivity index (χ4v) is 9.90. The number of hydrogen-bond donors (Lipinski definition) is 4. The molecule has 3 aliphatic heterocycles. The molecule has 4 heterocycles. The van der Waals surface area contributed by atoms with Crippen molar-refractivity contribution in [1.29, 1.82) is 0 Å². The largest absolute Gasteiger partial charge is 0.489 e.